The van der Waals surface area contributed by atoms with Crippen molar-refractivity contribution in [2.24, 2.45) is 0 Å². The Bertz CT molecular complexity index is 629. The van der Waals surface area contributed by atoms with E-state index in [0.29, 0.717) is 24.2 Å². The minimum atomic E-state index is -0.0477. The maximum Gasteiger partial charge on any atom is 0.254 e. The van der Waals surface area contributed by atoms with E-state index >= 15 is 0 Å². The van der Waals surface area contributed by atoms with Crippen molar-refractivity contribution >= 4 is 5.91 Å². The predicted octanol–water partition coefficient (Wildman–Crippen LogP) is 3.22. The van der Waals surface area contributed by atoms with Gasteiger partial charge >= 0.3 is 0 Å². The van der Waals surface area contributed by atoms with E-state index in [-0.39, 0.29) is 5.91 Å². The van der Waals surface area contributed by atoms with Gasteiger partial charge in [-0.15, -0.1) is 0 Å². The molecule has 3 heteroatoms. The van der Waals surface area contributed by atoms with Crippen LogP contribution >= 0.6 is 0 Å². The molecule has 0 saturated heterocycles. The van der Waals surface area contributed by atoms with Crippen molar-refractivity contribution in [2.45, 2.75) is 13.5 Å². The minimum Gasteiger partial charge on any atom is -0.335 e. The van der Waals surface area contributed by atoms with Gasteiger partial charge in [0.05, 0.1) is 11.6 Å². The summed E-state index contributed by atoms with van der Waals surface area (Å²) in [7, 11) is 0. The Kier molecular flexibility index (Phi) is 4.52. The SMILES string of the molecule is CCN(Cc1ccccc1)C(=O)c1cccc(C#N)c1. The molecule has 0 spiro atoms. The number of amides is 1. The van der Waals surface area contributed by atoms with E-state index in [2.05, 4.69) is 6.07 Å². The van der Waals surface area contributed by atoms with Gasteiger partial charge in [0.25, 0.3) is 5.91 Å². The lowest BCUT2D eigenvalue weighted by atomic mass is 10.1. The third-order valence-electron chi connectivity index (χ3n) is 3.12. The Morgan fingerprint density at radius 3 is 2.55 bits per heavy atom. The van der Waals surface area contributed by atoms with Crippen molar-refractivity contribution < 1.29 is 4.79 Å². The molecule has 0 aliphatic heterocycles. The summed E-state index contributed by atoms with van der Waals surface area (Å²) in [5, 5.41) is 8.90. The zero-order valence-corrected chi connectivity index (χ0v) is 11.4. The van der Waals surface area contributed by atoms with Gasteiger partial charge in [-0.05, 0) is 30.7 Å². The van der Waals surface area contributed by atoms with Gasteiger partial charge in [-0.3, -0.25) is 4.79 Å². The van der Waals surface area contributed by atoms with Crippen LogP contribution in [0.15, 0.2) is 54.6 Å². The van der Waals surface area contributed by atoms with Gasteiger partial charge in [-0.2, -0.15) is 5.26 Å². The van der Waals surface area contributed by atoms with Crippen LogP contribution in [0, 0.1) is 11.3 Å². The third-order valence-corrected chi connectivity index (χ3v) is 3.12. The molecule has 3 nitrogen and oxygen atoms in total. The Balaban J connectivity index is 2.19. The smallest absolute Gasteiger partial charge is 0.254 e. The average Bonchev–Trinajstić information content (AvgIpc) is 2.53. The molecule has 100 valence electrons. The molecule has 2 aromatic carbocycles. The number of hydrogen-bond acceptors (Lipinski definition) is 2. The highest BCUT2D eigenvalue weighted by Crippen LogP contribution is 2.11. The minimum absolute atomic E-state index is 0.0477. The summed E-state index contributed by atoms with van der Waals surface area (Å²) in [6.07, 6.45) is 0. The van der Waals surface area contributed by atoms with Gasteiger partial charge in [0.2, 0.25) is 0 Å². The summed E-state index contributed by atoms with van der Waals surface area (Å²) in [4.78, 5) is 14.2. The first-order valence-electron chi connectivity index (χ1n) is 6.58. The second kappa shape index (κ2) is 6.53. The zero-order valence-electron chi connectivity index (χ0n) is 11.4. The Labute approximate surface area is 119 Å². The number of benzene rings is 2. The van der Waals surface area contributed by atoms with Crippen molar-refractivity contribution in [3.05, 3.63) is 71.3 Å². The third kappa shape index (κ3) is 3.24. The molecule has 0 atom stereocenters. The van der Waals surface area contributed by atoms with E-state index in [1.807, 2.05) is 37.3 Å². The molecule has 0 heterocycles. The van der Waals surface area contributed by atoms with Crippen molar-refractivity contribution in [3.8, 4) is 6.07 Å². The number of nitriles is 1. The molecule has 2 rings (SSSR count). The van der Waals surface area contributed by atoms with E-state index in [9.17, 15) is 4.79 Å². The zero-order chi connectivity index (χ0) is 14.4. The lowest BCUT2D eigenvalue weighted by molar-refractivity contribution is 0.0752. The fourth-order valence-electron chi connectivity index (χ4n) is 2.04. The maximum atomic E-state index is 12.5. The van der Waals surface area contributed by atoms with Crippen LogP contribution in [0.5, 0.6) is 0 Å². The van der Waals surface area contributed by atoms with Crippen LogP contribution < -0.4 is 0 Å². The monoisotopic (exact) mass is 264 g/mol. The van der Waals surface area contributed by atoms with Crippen molar-refractivity contribution in [1.29, 1.82) is 5.26 Å². The van der Waals surface area contributed by atoms with Crippen LogP contribution in [0.25, 0.3) is 0 Å². The van der Waals surface area contributed by atoms with Gasteiger partial charge in [0.1, 0.15) is 0 Å². The molecule has 0 saturated carbocycles. The molecule has 0 unspecified atom stereocenters. The quantitative estimate of drug-likeness (QED) is 0.851. The van der Waals surface area contributed by atoms with Gasteiger partial charge in [-0.1, -0.05) is 36.4 Å². The molecular weight excluding hydrogens is 248 g/mol. The molecule has 0 fully saturated rings. The number of rotatable bonds is 4. The van der Waals surface area contributed by atoms with E-state index in [4.69, 9.17) is 5.26 Å². The summed E-state index contributed by atoms with van der Waals surface area (Å²) in [5.41, 5.74) is 2.16. The largest absolute Gasteiger partial charge is 0.335 e. The van der Waals surface area contributed by atoms with Crippen molar-refractivity contribution in [3.63, 3.8) is 0 Å². The normalized spacial score (nSPS) is 9.80. The summed E-state index contributed by atoms with van der Waals surface area (Å²) in [6.45, 7) is 3.16. The molecule has 0 aliphatic rings. The van der Waals surface area contributed by atoms with E-state index in [0.717, 1.165) is 5.56 Å². The lowest BCUT2D eigenvalue weighted by Crippen LogP contribution is -2.30. The Morgan fingerprint density at radius 2 is 1.90 bits per heavy atom. The van der Waals surface area contributed by atoms with E-state index in [1.54, 1.807) is 29.2 Å². The van der Waals surface area contributed by atoms with Crippen LogP contribution in [0.1, 0.15) is 28.4 Å². The highest BCUT2D eigenvalue weighted by molar-refractivity contribution is 5.94. The van der Waals surface area contributed by atoms with Crippen LogP contribution in [0.2, 0.25) is 0 Å². The van der Waals surface area contributed by atoms with Gasteiger partial charge in [0, 0.05) is 18.7 Å². The lowest BCUT2D eigenvalue weighted by Gasteiger charge is -2.21. The Morgan fingerprint density at radius 1 is 1.15 bits per heavy atom. The fourth-order valence-corrected chi connectivity index (χ4v) is 2.04. The molecule has 0 aliphatic carbocycles. The highest BCUT2D eigenvalue weighted by Gasteiger charge is 2.14. The van der Waals surface area contributed by atoms with E-state index < -0.39 is 0 Å². The molecule has 0 bridgehead atoms. The van der Waals surface area contributed by atoms with Crippen molar-refractivity contribution in [1.82, 2.24) is 4.90 Å². The molecule has 2 aromatic rings. The van der Waals surface area contributed by atoms with Crippen LogP contribution in [0.4, 0.5) is 0 Å². The molecular formula is C17H16N2O. The topological polar surface area (TPSA) is 44.1 Å². The second-order valence-electron chi connectivity index (χ2n) is 4.50. The molecule has 0 aromatic heterocycles. The first kappa shape index (κ1) is 13.8. The van der Waals surface area contributed by atoms with E-state index in [1.165, 1.54) is 0 Å². The predicted molar refractivity (Wildman–Crippen MR) is 78.0 cm³/mol. The summed E-state index contributed by atoms with van der Waals surface area (Å²) >= 11 is 0. The molecule has 0 N–H and O–H groups in total. The first-order chi connectivity index (χ1) is 9.74. The standard InChI is InChI=1S/C17H16N2O/c1-2-19(13-14-7-4-3-5-8-14)17(20)16-10-6-9-15(11-16)12-18/h3-11H,2,13H2,1H3. The summed E-state index contributed by atoms with van der Waals surface area (Å²) in [5.74, 6) is -0.0477. The fraction of sp³-hybridized carbons (Fsp3) is 0.176. The van der Waals surface area contributed by atoms with Crippen LogP contribution in [-0.2, 0) is 6.54 Å². The van der Waals surface area contributed by atoms with Crippen LogP contribution in [-0.4, -0.2) is 17.4 Å². The first-order valence-corrected chi connectivity index (χ1v) is 6.58. The van der Waals surface area contributed by atoms with Gasteiger partial charge in [-0.25, -0.2) is 0 Å². The number of carbonyl (C=O) groups is 1. The maximum absolute atomic E-state index is 12.5. The number of carbonyl (C=O) groups excluding carboxylic acids is 1. The second-order valence-corrected chi connectivity index (χ2v) is 4.50. The Hall–Kier alpha value is -2.60. The highest BCUT2D eigenvalue weighted by atomic mass is 16.2. The van der Waals surface area contributed by atoms with Gasteiger partial charge < -0.3 is 4.90 Å². The molecule has 0 radical (unpaired) electrons. The average molecular weight is 264 g/mol. The summed E-state index contributed by atoms with van der Waals surface area (Å²) in [6, 6.07) is 18.8. The van der Waals surface area contributed by atoms with Gasteiger partial charge in [0.15, 0.2) is 0 Å². The van der Waals surface area contributed by atoms with Crippen LogP contribution in [0.3, 0.4) is 0 Å². The molecule has 20 heavy (non-hydrogen) atoms. The summed E-state index contributed by atoms with van der Waals surface area (Å²) < 4.78 is 0. The number of nitrogens with zero attached hydrogens (tertiary/aromatic N) is 2. The number of hydrogen-bond donors (Lipinski definition) is 0. The van der Waals surface area contributed by atoms with Crippen molar-refractivity contribution in [2.75, 3.05) is 6.54 Å². The molecule has 1 amide bonds.